The molecule has 0 bridgehead atoms. The minimum Gasteiger partial charge on any atom is -0.390 e. The maximum absolute atomic E-state index is 10.4. The lowest BCUT2D eigenvalue weighted by Gasteiger charge is -2.43. The van der Waals surface area contributed by atoms with Crippen molar-refractivity contribution in [3.8, 4) is 0 Å². The van der Waals surface area contributed by atoms with E-state index in [0.29, 0.717) is 6.04 Å². The molecule has 2 aliphatic rings. The lowest BCUT2D eigenvalue weighted by Crippen LogP contribution is -2.47. The van der Waals surface area contributed by atoms with Crippen molar-refractivity contribution in [2.24, 2.45) is 0 Å². The van der Waals surface area contributed by atoms with Gasteiger partial charge in [-0.15, -0.1) is 0 Å². The molecule has 0 aromatic rings. The summed E-state index contributed by atoms with van der Waals surface area (Å²) in [6.07, 6.45) is 9.62. The van der Waals surface area contributed by atoms with Crippen molar-refractivity contribution in [3.63, 3.8) is 0 Å². The normalized spacial score (nSPS) is 39.2. The highest BCUT2D eigenvalue weighted by Crippen LogP contribution is 2.34. The van der Waals surface area contributed by atoms with Gasteiger partial charge in [-0.2, -0.15) is 0 Å². The molecule has 0 amide bonds. The van der Waals surface area contributed by atoms with Crippen LogP contribution < -0.4 is 0 Å². The molecule has 2 fully saturated rings. The van der Waals surface area contributed by atoms with Gasteiger partial charge < -0.3 is 10.0 Å². The summed E-state index contributed by atoms with van der Waals surface area (Å²) in [7, 11) is 0. The third-order valence-electron chi connectivity index (χ3n) is 4.36. The van der Waals surface area contributed by atoms with Crippen LogP contribution in [0, 0.1) is 0 Å². The van der Waals surface area contributed by atoms with E-state index in [1.54, 1.807) is 0 Å². The van der Waals surface area contributed by atoms with Crippen LogP contribution in [0.2, 0.25) is 0 Å². The molecule has 0 aromatic heterocycles. The van der Waals surface area contributed by atoms with Crippen LogP contribution in [0.4, 0.5) is 0 Å². The van der Waals surface area contributed by atoms with Crippen molar-refractivity contribution in [3.05, 3.63) is 0 Å². The molecule has 1 saturated heterocycles. The predicted molar refractivity (Wildman–Crippen MR) is 62.9 cm³/mol. The highest BCUT2D eigenvalue weighted by molar-refractivity contribution is 4.90. The van der Waals surface area contributed by atoms with E-state index in [0.717, 1.165) is 19.3 Å². The molecule has 2 nitrogen and oxygen atoms in total. The molecule has 0 radical (unpaired) electrons. The Kier molecular flexibility index (Phi) is 3.68. The van der Waals surface area contributed by atoms with Crippen LogP contribution >= 0.6 is 0 Å². The van der Waals surface area contributed by atoms with Gasteiger partial charge in [-0.25, -0.2) is 0 Å². The van der Waals surface area contributed by atoms with E-state index in [4.69, 9.17) is 0 Å². The topological polar surface area (TPSA) is 23.5 Å². The van der Waals surface area contributed by atoms with E-state index in [9.17, 15) is 5.11 Å². The molecule has 88 valence electrons. The Morgan fingerprint density at radius 1 is 1.20 bits per heavy atom. The van der Waals surface area contributed by atoms with Crippen LogP contribution in [0.1, 0.15) is 58.3 Å². The van der Waals surface area contributed by atoms with E-state index in [2.05, 4.69) is 11.8 Å². The molecule has 2 heteroatoms. The zero-order valence-corrected chi connectivity index (χ0v) is 10.0. The fourth-order valence-corrected chi connectivity index (χ4v) is 3.23. The first-order valence-corrected chi connectivity index (χ1v) is 6.70. The molecule has 0 spiro atoms. The lowest BCUT2D eigenvalue weighted by atomic mass is 9.79. The average Bonchev–Trinajstić information content (AvgIpc) is 2.30. The Bertz CT molecular complexity index is 201. The molecule has 1 saturated carbocycles. The highest BCUT2D eigenvalue weighted by atomic mass is 16.3. The van der Waals surface area contributed by atoms with Crippen molar-refractivity contribution in [1.29, 1.82) is 0 Å². The summed E-state index contributed by atoms with van der Waals surface area (Å²) in [6.45, 7) is 4.66. The minimum absolute atomic E-state index is 0.347. The second kappa shape index (κ2) is 4.84. The maximum Gasteiger partial charge on any atom is 0.0660 e. The van der Waals surface area contributed by atoms with Crippen LogP contribution in [0.15, 0.2) is 0 Å². The van der Waals surface area contributed by atoms with Crippen molar-refractivity contribution < 1.29 is 5.11 Å². The molecule has 2 atom stereocenters. The third kappa shape index (κ3) is 2.73. The predicted octanol–water partition coefficient (Wildman–Crippen LogP) is 2.56. The van der Waals surface area contributed by atoms with E-state index < -0.39 is 0 Å². The van der Waals surface area contributed by atoms with Gasteiger partial charge in [-0.1, -0.05) is 13.3 Å². The Balaban J connectivity index is 1.91. The van der Waals surface area contributed by atoms with E-state index in [1.165, 1.54) is 45.2 Å². The zero-order chi connectivity index (χ0) is 10.7. The van der Waals surface area contributed by atoms with Crippen molar-refractivity contribution in [2.75, 3.05) is 13.1 Å². The number of aliphatic hydroxyl groups is 1. The molecule has 1 N–H and O–H groups in total. The summed E-state index contributed by atoms with van der Waals surface area (Å²) in [6, 6.07) is 0.670. The van der Waals surface area contributed by atoms with Gasteiger partial charge in [0.2, 0.25) is 0 Å². The summed E-state index contributed by atoms with van der Waals surface area (Å²) < 4.78 is 0. The second-order valence-corrected chi connectivity index (χ2v) is 5.42. The summed E-state index contributed by atoms with van der Waals surface area (Å²) >= 11 is 0. The molecule has 1 aliphatic heterocycles. The minimum atomic E-state index is -0.347. The van der Waals surface area contributed by atoms with Crippen molar-refractivity contribution in [1.82, 2.24) is 4.90 Å². The Morgan fingerprint density at radius 3 is 2.60 bits per heavy atom. The van der Waals surface area contributed by atoms with Crippen LogP contribution in [0.5, 0.6) is 0 Å². The fraction of sp³-hybridized carbons (Fsp3) is 1.00. The van der Waals surface area contributed by atoms with Gasteiger partial charge in [0.05, 0.1) is 5.60 Å². The maximum atomic E-state index is 10.4. The van der Waals surface area contributed by atoms with Crippen molar-refractivity contribution in [2.45, 2.75) is 69.9 Å². The Labute approximate surface area is 93.7 Å². The number of hydrogen-bond acceptors (Lipinski definition) is 2. The van der Waals surface area contributed by atoms with Gasteiger partial charge in [0.25, 0.3) is 0 Å². The second-order valence-electron chi connectivity index (χ2n) is 5.42. The number of rotatable bonds is 2. The Morgan fingerprint density at radius 2 is 1.93 bits per heavy atom. The molecular weight excluding hydrogens is 186 g/mol. The summed E-state index contributed by atoms with van der Waals surface area (Å²) in [4.78, 5) is 2.63. The third-order valence-corrected chi connectivity index (χ3v) is 4.36. The highest BCUT2D eigenvalue weighted by Gasteiger charge is 2.35. The number of nitrogens with zero attached hydrogens (tertiary/aromatic N) is 1. The van der Waals surface area contributed by atoms with Gasteiger partial charge in [-0.05, 0) is 58.0 Å². The standard InChI is InChI=1S/C13H25NO/c1-2-13(15)8-6-7-12(11-13)14-9-4-3-5-10-14/h12,15H,2-11H2,1H3/t12-,13-/m0/s1. The summed E-state index contributed by atoms with van der Waals surface area (Å²) in [5, 5.41) is 10.4. The van der Waals surface area contributed by atoms with Gasteiger partial charge in [-0.3, -0.25) is 0 Å². The van der Waals surface area contributed by atoms with Crippen LogP contribution in [0.25, 0.3) is 0 Å². The van der Waals surface area contributed by atoms with Crippen molar-refractivity contribution >= 4 is 0 Å². The molecule has 2 rings (SSSR count). The largest absolute Gasteiger partial charge is 0.390 e. The molecule has 1 heterocycles. The smallest absolute Gasteiger partial charge is 0.0660 e. The first-order chi connectivity index (χ1) is 7.23. The molecular formula is C13H25NO. The zero-order valence-electron chi connectivity index (χ0n) is 10.0. The quantitative estimate of drug-likeness (QED) is 0.759. The fourth-order valence-electron chi connectivity index (χ4n) is 3.23. The molecule has 1 aliphatic carbocycles. The number of hydrogen-bond donors (Lipinski definition) is 1. The van der Waals surface area contributed by atoms with E-state index >= 15 is 0 Å². The van der Waals surface area contributed by atoms with Gasteiger partial charge >= 0.3 is 0 Å². The molecule has 0 unspecified atom stereocenters. The lowest BCUT2D eigenvalue weighted by molar-refractivity contribution is -0.0365. The summed E-state index contributed by atoms with van der Waals surface area (Å²) in [5.74, 6) is 0. The van der Waals surface area contributed by atoms with Gasteiger partial charge in [0, 0.05) is 6.04 Å². The van der Waals surface area contributed by atoms with Crippen LogP contribution in [-0.2, 0) is 0 Å². The number of likely N-dealkylation sites (tertiary alicyclic amines) is 1. The van der Waals surface area contributed by atoms with Crippen LogP contribution in [0.3, 0.4) is 0 Å². The SMILES string of the molecule is CC[C@]1(O)CCC[C@H](N2CCCCC2)C1. The molecule has 15 heavy (non-hydrogen) atoms. The van der Waals surface area contributed by atoms with Gasteiger partial charge in [0.1, 0.15) is 0 Å². The Hall–Kier alpha value is -0.0800. The average molecular weight is 211 g/mol. The first-order valence-electron chi connectivity index (χ1n) is 6.70. The molecule has 0 aromatic carbocycles. The van der Waals surface area contributed by atoms with Gasteiger partial charge in [0.15, 0.2) is 0 Å². The van der Waals surface area contributed by atoms with E-state index in [-0.39, 0.29) is 5.60 Å². The summed E-state index contributed by atoms with van der Waals surface area (Å²) in [5.41, 5.74) is -0.347. The number of piperidine rings is 1. The van der Waals surface area contributed by atoms with Crippen LogP contribution in [-0.4, -0.2) is 34.7 Å². The monoisotopic (exact) mass is 211 g/mol. The first kappa shape index (κ1) is 11.4. The van der Waals surface area contributed by atoms with E-state index in [1.807, 2.05) is 0 Å².